The summed E-state index contributed by atoms with van der Waals surface area (Å²) in [5.74, 6) is 0. The zero-order chi connectivity index (χ0) is 12.5. The molecule has 0 aliphatic heterocycles. The first-order valence-corrected chi connectivity index (χ1v) is 6.79. The SMILES string of the molecule is Cn1nnnc1Sc1ccnc2ccc(Br)cc12. The molecule has 0 aliphatic carbocycles. The van der Waals surface area contributed by atoms with E-state index in [9.17, 15) is 0 Å². The van der Waals surface area contributed by atoms with Crippen LogP contribution in [-0.2, 0) is 7.05 Å². The van der Waals surface area contributed by atoms with Gasteiger partial charge in [-0.1, -0.05) is 15.9 Å². The Labute approximate surface area is 116 Å². The van der Waals surface area contributed by atoms with Gasteiger partial charge in [0.15, 0.2) is 0 Å². The molecule has 0 amide bonds. The molecule has 7 heteroatoms. The van der Waals surface area contributed by atoms with Crippen molar-refractivity contribution >= 4 is 38.6 Å². The molecular formula is C11H8BrN5S. The number of hydrogen-bond acceptors (Lipinski definition) is 5. The maximum absolute atomic E-state index is 4.34. The summed E-state index contributed by atoms with van der Waals surface area (Å²) in [6.07, 6.45) is 1.79. The number of pyridine rings is 1. The van der Waals surface area contributed by atoms with Crippen LogP contribution in [0.4, 0.5) is 0 Å². The number of aromatic nitrogens is 5. The van der Waals surface area contributed by atoms with Gasteiger partial charge in [-0.25, -0.2) is 4.68 Å². The second-order valence-corrected chi connectivity index (χ2v) is 5.58. The van der Waals surface area contributed by atoms with E-state index in [2.05, 4.69) is 42.5 Å². The highest BCUT2D eigenvalue weighted by molar-refractivity contribution is 9.10. The summed E-state index contributed by atoms with van der Waals surface area (Å²) in [6.45, 7) is 0. The molecule has 0 aliphatic rings. The van der Waals surface area contributed by atoms with Crippen molar-refractivity contribution in [3.05, 3.63) is 34.9 Å². The summed E-state index contributed by atoms with van der Waals surface area (Å²) in [5.41, 5.74) is 0.957. The molecule has 3 aromatic rings. The molecule has 0 spiro atoms. The maximum atomic E-state index is 4.34. The highest BCUT2D eigenvalue weighted by Crippen LogP contribution is 2.32. The number of aryl methyl sites for hydroxylation is 1. The molecule has 0 unspecified atom stereocenters. The Kier molecular flexibility index (Phi) is 3.00. The fourth-order valence-electron chi connectivity index (χ4n) is 1.59. The Morgan fingerprint density at radius 1 is 1.28 bits per heavy atom. The predicted octanol–water partition coefficient (Wildman–Crippen LogP) is 2.67. The van der Waals surface area contributed by atoms with Crippen molar-refractivity contribution in [3.63, 3.8) is 0 Å². The van der Waals surface area contributed by atoms with Crippen LogP contribution < -0.4 is 0 Å². The summed E-state index contributed by atoms with van der Waals surface area (Å²) in [5, 5.41) is 13.3. The van der Waals surface area contributed by atoms with Crippen molar-refractivity contribution in [2.24, 2.45) is 7.05 Å². The first-order chi connectivity index (χ1) is 8.74. The number of fused-ring (bicyclic) bond motifs is 1. The van der Waals surface area contributed by atoms with Crippen LogP contribution in [0.1, 0.15) is 0 Å². The Balaban J connectivity index is 2.11. The molecule has 0 N–H and O–H groups in total. The van der Waals surface area contributed by atoms with Crippen molar-refractivity contribution in [1.82, 2.24) is 25.2 Å². The van der Waals surface area contributed by atoms with Gasteiger partial charge >= 0.3 is 0 Å². The van der Waals surface area contributed by atoms with Gasteiger partial charge in [-0.3, -0.25) is 4.98 Å². The first kappa shape index (κ1) is 11.6. The quantitative estimate of drug-likeness (QED) is 0.726. The maximum Gasteiger partial charge on any atom is 0.213 e. The Morgan fingerprint density at radius 3 is 2.94 bits per heavy atom. The van der Waals surface area contributed by atoms with Crippen LogP contribution in [0.15, 0.2) is 45.0 Å². The fourth-order valence-corrected chi connectivity index (χ4v) is 2.79. The summed E-state index contributed by atoms with van der Waals surface area (Å²) in [6, 6.07) is 7.98. The standard InChI is InChI=1S/C11H8BrN5S/c1-17-11(14-15-16-17)18-10-4-5-13-9-3-2-7(12)6-8(9)10/h2-6H,1H3. The van der Waals surface area contributed by atoms with Gasteiger partial charge < -0.3 is 0 Å². The van der Waals surface area contributed by atoms with Crippen LogP contribution in [0.25, 0.3) is 10.9 Å². The van der Waals surface area contributed by atoms with Crippen molar-refractivity contribution in [2.45, 2.75) is 10.1 Å². The van der Waals surface area contributed by atoms with Crippen molar-refractivity contribution in [2.75, 3.05) is 0 Å². The van der Waals surface area contributed by atoms with Gasteiger partial charge in [-0.2, -0.15) is 0 Å². The average molecular weight is 322 g/mol. The molecule has 18 heavy (non-hydrogen) atoms. The topological polar surface area (TPSA) is 56.5 Å². The molecule has 90 valence electrons. The zero-order valence-electron chi connectivity index (χ0n) is 9.41. The smallest absolute Gasteiger partial charge is 0.213 e. The van der Waals surface area contributed by atoms with Crippen LogP contribution in [0.5, 0.6) is 0 Å². The minimum Gasteiger partial charge on any atom is -0.256 e. The average Bonchev–Trinajstić information content (AvgIpc) is 2.76. The van der Waals surface area contributed by atoms with E-state index in [1.54, 1.807) is 10.9 Å². The lowest BCUT2D eigenvalue weighted by molar-refractivity contribution is 0.664. The number of nitrogens with zero attached hydrogens (tertiary/aromatic N) is 5. The third kappa shape index (κ3) is 2.11. The van der Waals surface area contributed by atoms with Crippen molar-refractivity contribution in [3.8, 4) is 0 Å². The third-order valence-electron chi connectivity index (χ3n) is 2.45. The van der Waals surface area contributed by atoms with E-state index in [1.807, 2.05) is 25.2 Å². The Morgan fingerprint density at radius 2 is 2.17 bits per heavy atom. The van der Waals surface area contributed by atoms with Gasteiger partial charge in [0.25, 0.3) is 0 Å². The van der Waals surface area contributed by atoms with Crippen LogP contribution >= 0.6 is 27.7 Å². The lowest BCUT2D eigenvalue weighted by Gasteiger charge is -2.04. The number of hydrogen-bond donors (Lipinski definition) is 0. The van der Waals surface area contributed by atoms with Gasteiger partial charge in [0.1, 0.15) is 0 Å². The number of rotatable bonds is 2. The van der Waals surface area contributed by atoms with E-state index in [0.717, 1.165) is 25.4 Å². The van der Waals surface area contributed by atoms with Gasteiger partial charge in [0.2, 0.25) is 5.16 Å². The lowest BCUT2D eigenvalue weighted by Crippen LogP contribution is -1.93. The van der Waals surface area contributed by atoms with E-state index in [-0.39, 0.29) is 0 Å². The second kappa shape index (κ2) is 4.66. The van der Waals surface area contributed by atoms with E-state index >= 15 is 0 Å². The summed E-state index contributed by atoms with van der Waals surface area (Å²) in [7, 11) is 1.82. The largest absolute Gasteiger partial charge is 0.256 e. The van der Waals surface area contributed by atoms with Gasteiger partial charge in [0.05, 0.1) is 5.52 Å². The zero-order valence-corrected chi connectivity index (χ0v) is 11.8. The van der Waals surface area contributed by atoms with Crippen LogP contribution in [-0.4, -0.2) is 25.2 Å². The number of benzene rings is 1. The van der Waals surface area contributed by atoms with E-state index in [1.165, 1.54) is 11.8 Å². The lowest BCUT2D eigenvalue weighted by atomic mass is 10.2. The van der Waals surface area contributed by atoms with Crippen LogP contribution in [0.2, 0.25) is 0 Å². The molecule has 0 bridgehead atoms. The molecule has 0 fully saturated rings. The number of halogens is 1. The van der Waals surface area contributed by atoms with E-state index in [4.69, 9.17) is 0 Å². The first-order valence-electron chi connectivity index (χ1n) is 5.18. The highest BCUT2D eigenvalue weighted by atomic mass is 79.9. The molecule has 2 heterocycles. The fraction of sp³-hybridized carbons (Fsp3) is 0.0909. The third-order valence-corrected chi connectivity index (χ3v) is 4.04. The number of tetrazole rings is 1. The molecule has 0 atom stereocenters. The van der Waals surface area contributed by atoms with Gasteiger partial charge in [0, 0.05) is 28.0 Å². The highest BCUT2D eigenvalue weighted by Gasteiger charge is 2.08. The normalized spacial score (nSPS) is 11.0. The predicted molar refractivity (Wildman–Crippen MR) is 72.4 cm³/mol. The van der Waals surface area contributed by atoms with Crippen molar-refractivity contribution < 1.29 is 0 Å². The minimum atomic E-state index is 0.752. The molecular weight excluding hydrogens is 314 g/mol. The molecule has 2 aromatic heterocycles. The van der Waals surface area contributed by atoms with Crippen molar-refractivity contribution in [1.29, 1.82) is 0 Å². The van der Waals surface area contributed by atoms with Crippen LogP contribution in [0.3, 0.4) is 0 Å². The van der Waals surface area contributed by atoms with Crippen LogP contribution in [0, 0.1) is 0 Å². The summed E-state index contributed by atoms with van der Waals surface area (Å²) in [4.78, 5) is 5.42. The van der Waals surface area contributed by atoms with Gasteiger partial charge in [-0.05, 0) is 46.5 Å². The Bertz CT molecular complexity index is 711. The van der Waals surface area contributed by atoms with Gasteiger partial charge in [-0.15, -0.1) is 5.10 Å². The summed E-state index contributed by atoms with van der Waals surface area (Å²) < 4.78 is 2.68. The molecule has 5 nitrogen and oxygen atoms in total. The molecule has 1 aromatic carbocycles. The molecule has 0 saturated carbocycles. The molecule has 0 saturated heterocycles. The van der Waals surface area contributed by atoms with E-state index in [0.29, 0.717) is 0 Å². The molecule has 0 radical (unpaired) electrons. The second-order valence-electron chi connectivity index (χ2n) is 3.66. The summed E-state index contributed by atoms with van der Waals surface area (Å²) >= 11 is 5.00. The minimum absolute atomic E-state index is 0.752. The van der Waals surface area contributed by atoms with E-state index < -0.39 is 0 Å². The Hall–Kier alpha value is -1.47. The monoisotopic (exact) mass is 321 g/mol. The molecule has 3 rings (SSSR count).